The fourth-order valence-electron chi connectivity index (χ4n) is 2.01. The average Bonchev–Trinajstić information content (AvgIpc) is 2.87. The highest BCUT2D eigenvalue weighted by Gasteiger charge is 2.28. The highest BCUT2D eigenvalue weighted by Crippen LogP contribution is 2.22. The van der Waals surface area contributed by atoms with Crippen molar-refractivity contribution in [3.63, 3.8) is 0 Å². The Hall–Kier alpha value is -2.09. The van der Waals surface area contributed by atoms with Gasteiger partial charge in [0.2, 0.25) is 0 Å². The van der Waals surface area contributed by atoms with Crippen molar-refractivity contribution in [3.8, 4) is 5.75 Å². The summed E-state index contributed by atoms with van der Waals surface area (Å²) in [5.74, 6) is -1.21. The zero-order valence-corrected chi connectivity index (χ0v) is 12.5. The van der Waals surface area contributed by atoms with Crippen molar-refractivity contribution >= 4 is 0 Å². The maximum absolute atomic E-state index is 13.7. The molecule has 0 amide bonds. The van der Waals surface area contributed by atoms with Gasteiger partial charge < -0.3 is 14.6 Å². The van der Waals surface area contributed by atoms with Crippen LogP contribution in [0.15, 0.2) is 30.7 Å². The van der Waals surface area contributed by atoms with Crippen LogP contribution in [0, 0.1) is 5.82 Å². The van der Waals surface area contributed by atoms with Crippen LogP contribution in [0.2, 0.25) is 0 Å². The van der Waals surface area contributed by atoms with Gasteiger partial charge in [0.05, 0.1) is 6.33 Å². The van der Waals surface area contributed by atoms with E-state index in [4.69, 9.17) is 0 Å². The van der Waals surface area contributed by atoms with Crippen LogP contribution in [-0.4, -0.2) is 28.9 Å². The van der Waals surface area contributed by atoms with Crippen LogP contribution >= 0.6 is 0 Å². The molecule has 0 saturated carbocycles. The van der Waals surface area contributed by atoms with E-state index in [1.807, 2.05) is 11.6 Å². The van der Waals surface area contributed by atoms with E-state index in [-0.39, 0.29) is 0 Å². The Balaban J connectivity index is 1.80. The molecule has 0 radical (unpaired) electrons. The first kappa shape index (κ1) is 17.3. The minimum Gasteiger partial charge on any atom is -0.481 e. The van der Waals surface area contributed by atoms with E-state index in [1.54, 1.807) is 12.5 Å². The molecule has 0 aliphatic carbocycles. The van der Waals surface area contributed by atoms with Crippen molar-refractivity contribution < 1.29 is 22.3 Å². The van der Waals surface area contributed by atoms with Gasteiger partial charge in [-0.25, -0.2) is 9.37 Å². The third kappa shape index (κ3) is 5.55. The third-order valence-electron chi connectivity index (χ3n) is 3.19. The van der Waals surface area contributed by atoms with E-state index in [9.17, 15) is 17.6 Å². The lowest BCUT2D eigenvalue weighted by atomic mass is 10.2. The van der Waals surface area contributed by atoms with Gasteiger partial charge in [0.15, 0.2) is 18.2 Å². The molecule has 0 fully saturated rings. The lowest BCUT2D eigenvalue weighted by Crippen LogP contribution is -2.20. The Morgan fingerprint density at radius 3 is 2.70 bits per heavy atom. The lowest BCUT2D eigenvalue weighted by Gasteiger charge is -2.11. The summed E-state index contributed by atoms with van der Waals surface area (Å²) in [5, 5.41) is 3.14. The van der Waals surface area contributed by atoms with E-state index < -0.39 is 24.3 Å². The number of alkyl halides is 3. The summed E-state index contributed by atoms with van der Waals surface area (Å²) in [5.41, 5.74) is 1.70. The third-order valence-corrected chi connectivity index (χ3v) is 3.19. The van der Waals surface area contributed by atoms with Crippen LogP contribution < -0.4 is 10.1 Å². The summed E-state index contributed by atoms with van der Waals surface area (Å²) >= 11 is 0. The molecule has 8 heteroatoms. The number of benzene rings is 1. The van der Waals surface area contributed by atoms with E-state index in [0.29, 0.717) is 18.7 Å². The normalized spacial score (nSPS) is 11.7. The second kappa shape index (κ2) is 7.45. The Morgan fingerprint density at radius 2 is 2.09 bits per heavy atom. The molecule has 1 aromatic carbocycles. The molecule has 126 valence electrons. The van der Waals surface area contributed by atoms with Crippen molar-refractivity contribution in [1.82, 2.24) is 14.9 Å². The van der Waals surface area contributed by atoms with Gasteiger partial charge in [0, 0.05) is 38.4 Å². The summed E-state index contributed by atoms with van der Waals surface area (Å²) in [6.07, 6.45) is -0.233. The highest BCUT2D eigenvalue weighted by atomic mass is 19.4. The minimum atomic E-state index is -4.49. The number of hydrogen-bond acceptors (Lipinski definition) is 3. The van der Waals surface area contributed by atoms with Crippen molar-refractivity contribution in [3.05, 3.63) is 47.8 Å². The number of aryl methyl sites for hydroxylation is 1. The first-order chi connectivity index (χ1) is 10.8. The molecule has 2 rings (SSSR count). The largest absolute Gasteiger partial charge is 0.481 e. The maximum Gasteiger partial charge on any atom is 0.422 e. The molecule has 1 heterocycles. The Kier molecular flexibility index (Phi) is 5.59. The predicted molar refractivity (Wildman–Crippen MR) is 76.6 cm³/mol. The zero-order chi connectivity index (χ0) is 16.9. The Labute approximate surface area is 131 Å². The monoisotopic (exact) mass is 331 g/mol. The molecule has 0 unspecified atom stereocenters. The molecule has 1 aromatic heterocycles. The quantitative estimate of drug-likeness (QED) is 0.626. The van der Waals surface area contributed by atoms with Crippen LogP contribution in [-0.2, 0) is 20.0 Å². The number of nitrogens with one attached hydrogen (secondary N) is 1. The molecule has 4 nitrogen and oxygen atoms in total. The van der Waals surface area contributed by atoms with Crippen LogP contribution in [0.4, 0.5) is 17.6 Å². The standard InChI is InChI=1S/C15H17F4N3O/c1-22-10-21-8-12(22)4-5-20-7-11-2-3-14(13(16)6-11)23-9-15(17,18)19/h2-3,6,8,10,20H,4-5,7,9H2,1H3. The number of imidazole rings is 1. The number of hydrogen-bond donors (Lipinski definition) is 1. The lowest BCUT2D eigenvalue weighted by molar-refractivity contribution is -0.153. The van der Waals surface area contributed by atoms with Crippen LogP contribution in [0.3, 0.4) is 0 Å². The first-order valence-electron chi connectivity index (χ1n) is 6.99. The number of ether oxygens (including phenoxy) is 1. The van der Waals surface area contributed by atoms with Crippen molar-refractivity contribution in [1.29, 1.82) is 0 Å². The summed E-state index contributed by atoms with van der Waals surface area (Å²) in [6.45, 7) is -0.423. The fraction of sp³-hybridized carbons (Fsp3) is 0.400. The number of nitrogens with zero attached hydrogens (tertiary/aromatic N) is 2. The van der Waals surface area contributed by atoms with E-state index in [2.05, 4.69) is 15.0 Å². The topological polar surface area (TPSA) is 39.1 Å². The Morgan fingerprint density at radius 1 is 1.30 bits per heavy atom. The molecule has 2 aromatic rings. The average molecular weight is 331 g/mol. The molecular formula is C15H17F4N3O. The SMILES string of the molecule is Cn1cncc1CCNCc1ccc(OCC(F)(F)F)c(F)c1. The van der Waals surface area contributed by atoms with E-state index in [0.717, 1.165) is 12.1 Å². The molecule has 0 aliphatic heterocycles. The van der Waals surface area contributed by atoms with Crippen LogP contribution in [0.5, 0.6) is 5.75 Å². The molecule has 1 N–H and O–H groups in total. The first-order valence-corrected chi connectivity index (χ1v) is 6.99. The van der Waals surface area contributed by atoms with Gasteiger partial charge in [-0.3, -0.25) is 0 Å². The summed E-state index contributed by atoms with van der Waals surface area (Å²) < 4.78 is 56.1. The highest BCUT2D eigenvalue weighted by molar-refractivity contribution is 5.29. The van der Waals surface area contributed by atoms with Crippen molar-refractivity contribution in [2.75, 3.05) is 13.2 Å². The second-order valence-corrected chi connectivity index (χ2v) is 5.09. The zero-order valence-electron chi connectivity index (χ0n) is 12.5. The summed E-state index contributed by atoms with van der Waals surface area (Å²) in [6, 6.07) is 3.91. The maximum atomic E-state index is 13.7. The molecular weight excluding hydrogens is 314 g/mol. The van der Waals surface area contributed by atoms with Crippen molar-refractivity contribution in [2.45, 2.75) is 19.1 Å². The minimum absolute atomic E-state index is 0.402. The smallest absolute Gasteiger partial charge is 0.422 e. The predicted octanol–water partition coefficient (Wildman–Crippen LogP) is 2.83. The molecule has 0 saturated heterocycles. The molecule has 23 heavy (non-hydrogen) atoms. The number of aromatic nitrogens is 2. The molecule has 0 aliphatic rings. The van der Waals surface area contributed by atoms with Gasteiger partial charge >= 0.3 is 6.18 Å². The number of rotatable bonds is 7. The van der Waals surface area contributed by atoms with Crippen LogP contribution in [0.25, 0.3) is 0 Å². The van der Waals surface area contributed by atoms with Gasteiger partial charge in [-0.05, 0) is 17.7 Å². The second-order valence-electron chi connectivity index (χ2n) is 5.09. The van der Waals surface area contributed by atoms with Crippen molar-refractivity contribution in [2.24, 2.45) is 7.05 Å². The Bertz CT molecular complexity index is 640. The molecule has 0 spiro atoms. The molecule has 0 atom stereocenters. The van der Waals surface area contributed by atoms with E-state index in [1.165, 1.54) is 18.2 Å². The van der Waals surface area contributed by atoms with Gasteiger partial charge in [-0.2, -0.15) is 13.2 Å². The summed E-state index contributed by atoms with van der Waals surface area (Å²) in [4.78, 5) is 4.01. The molecule has 0 bridgehead atoms. The van der Waals surface area contributed by atoms with Crippen LogP contribution in [0.1, 0.15) is 11.3 Å². The van der Waals surface area contributed by atoms with Gasteiger partial charge in [0.1, 0.15) is 0 Å². The van der Waals surface area contributed by atoms with Gasteiger partial charge in [-0.1, -0.05) is 6.07 Å². The van der Waals surface area contributed by atoms with Gasteiger partial charge in [0.25, 0.3) is 0 Å². The van der Waals surface area contributed by atoms with Gasteiger partial charge in [-0.15, -0.1) is 0 Å². The fourth-order valence-corrected chi connectivity index (χ4v) is 2.01. The number of halogens is 4. The summed E-state index contributed by atoms with van der Waals surface area (Å²) in [7, 11) is 1.90. The van der Waals surface area contributed by atoms with E-state index >= 15 is 0 Å².